The highest BCUT2D eigenvalue weighted by atomic mass is 16.1. The first-order chi connectivity index (χ1) is 14.4. The molecule has 0 radical (unpaired) electrons. The summed E-state index contributed by atoms with van der Waals surface area (Å²) in [7, 11) is 0. The van der Waals surface area contributed by atoms with Crippen molar-refractivity contribution in [2.75, 3.05) is 0 Å². The first-order valence-electron chi connectivity index (χ1n) is 10.1. The number of fused-ring (bicyclic) bond motifs is 1. The Morgan fingerprint density at radius 1 is 0.967 bits per heavy atom. The Labute approximate surface area is 177 Å². The van der Waals surface area contributed by atoms with E-state index < -0.39 is 0 Å². The number of carbonyl (C=O) groups is 1. The zero-order valence-corrected chi connectivity index (χ0v) is 17.7. The summed E-state index contributed by atoms with van der Waals surface area (Å²) in [6, 6.07) is 17.9. The topological polar surface area (TPSA) is 54.9 Å². The zero-order chi connectivity index (χ0) is 21.3. The van der Waals surface area contributed by atoms with Gasteiger partial charge in [-0.1, -0.05) is 29.8 Å². The summed E-state index contributed by atoms with van der Waals surface area (Å²) in [5.74, 6) is -0.108. The molecule has 0 fully saturated rings. The standard InChI is InChI=1S/C26H25N3O/c1-16-7-10-24-22(12-16)23(14-25(29-24)21-6-5-11-27-15-21)26(30)28-19(4)20-9-8-17(2)18(3)13-20/h5-15,19H,1-4H3,(H,28,30)/t19-/m1/s1. The van der Waals surface area contributed by atoms with E-state index in [9.17, 15) is 4.79 Å². The highest BCUT2D eigenvalue weighted by molar-refractivity contribution is 6.07. The molecule has 0 unspecified atom stereocenters. The van der Waals surface area contributed by atoms with Crippen molar-refractivity contribution in [3.05, 3.63) is 94.8 Å². The van der Waals surface area contributed by atoms with Crippen molar-refractivity contribution in [3.63, 3.8) is 0 Å². The number of aryl methyl sites for hydroxylation is 3. The number of aromatic nitrogens is 2. The van der Waals surface area contributed by atoms with E-state index in [2.05, 4.69) is 42.3 Å². The van der Waals surface area contributed by atoms with Crippen LogP contribution in [0.4, 0.5) is 0 Å². The summed E-state index contributed by atoms with van der Waals surface area (Å²) in [6.45, 7) is 8.22. The van der Waals surface area contributed by atoms with Gasteiger partial charge in [-0.3, -0.25) is 9.78 Å². The Hall–Kier alpha value is -3.53. The van der Waals surface area contributed by atoms with Crippen LogP contribution in [0, 0.1) is 20.8 Å². The normalized spacial score (nSPS) is 12.0. The summed E-state index contributed by atoms with van der Waals surface area (Å²) < 4.78 is 0. The maximum atomic E-state index is 13.3. The van der Waals surface area contributed by atoms with Gasteiger partial charge >= 0.3 is 0 Å². The van der Waals surface area contributed by atoms with Gasteiger partial charge in [0, 0.05) is 23.3 Å². The van der Waals surface area contributed by atoms with Gasteiger partial charge in [0.1, 0.15) is 0 Å². The third-order valence-corrected chi connectivity index (χ3v) is 5.54. The van der Waals surface area contributed by atoms with Crippen LogP contribution in [0.5, 0.6) is 0 Å². The van der Waals surface area contributed by atoms with Gasteiger partial charge in [-0.05, 0) is 74.7 Å². The fourth-order valence-electron chi connectivity index (χ4n) is 3.58. The summed E-state index contributed by atoms with van der Waals surface area (Å²) >= 11 is 0. The molecule has 1 amide bonds. The van der Waals surface area contributed by atoms with Crippen LogP contribution in [0.3, 0.4) is 0 Å². The third kappa shape index (κ3) is 3.94. The predicted molar refractivity (Wildman–Crippen MR) is 122 cm³/mol. The van der Waals surface area contributed by atoms with Crippen molar-refractivity contribution < 1.29 is 4.79 Å². The number of amides is 1. The van der Waals surface area contributed by atoms with Crippen LogP contribution in [0.25, 0.3) is 22.2 Å². The smallest absolute Gasteiger partial charge is 0.252 e. The Kier molecular flexibility index (Phi) is 5.32. The number of pyridine rings is 2. The Balaban J connectivity index is 1.75. The molecular formula is C26H25N3O. The number of rotatable bonds is 4. The van der Waals surface area contributed by atoms with Crippen molar-refractivity contribution in [2.24, 2.45) is 0 Å². The number of hydrogen-bond donors (Lipinski definition) is 1. The molecule has 4 rings (SSSR count). The van der Waals surface area contributed by atoms with E-state index in [0.717, 1.165) is 33.3 Å². The molecule has 0 aliphatic carbocycles. The quantitative estimate of drug-likeness (QED) is 0.481. The average Bonchev–Trinajstić information content (AvgIpc) is 2.75. The minimum atomic E-state index is -0.108. The van der Waals surface area contributed by atoms with Gasteiger partial charge in [0.15, 0.2) is 0 Å². The van der Waals surface area contributed by atoms with E-state index in [1.165, 1.54) is 11.1 Å². The first kappa shape index (κ1) is 19.8. The summed E-state index contributed by atoms with van der Waals surface area (Å²) in [5.41, 5.74) is 7.69. The minimum Gasteiger partial charge on any atom is -0.345 e. The lowest BCUT2D eigenvalue weighted by Gasteiger charge is -2.17. The maximum Gasteiger partial charge on any atom is 0.252 e. The molecule has 0 aliphatic heterocycles. The Bertz CT molecular complexity index is 1230. The van der Waals surface area contributed by atoms with E-state index in [4.69, 9.17) is 4.98 Å². The van der Waals surface area contributed by atoms with Crippen LogP contribution in [-0.2, 0) is 0 Å². The van der Waals surface area contributed by atoms with Crippen LogP contribution < -0.4 is 5.32 Å². The molecule has 2 aromatic heterocycles. The van der Waals surface area contributed by atoms with Crippen molar-refractivity contribution in [1.29, 1.82) is 0 Å². The predicted octanol–water partition coefficient (Wildman–Crippen LogP) is 5.71. The molecule has 4 aromatic rings. The lowest BCUT2D eigenvalue weighted by Crippen LogP contribution is -2.27. The molecule has 0 bridgehead atoms. The number of carbonyl (C=O) groups excluding carboxylic acids is 1. The summed E-state index contributed by atoms with van der Waals surface area (Å²) in [4.78, 5) is 22.3. The van der Waals surface area contributed by atoms with Gasteiger partial charge in [-0.15, -0.1) is 0 Å². The second-order valence-electron chi connectivity index (χ2n) is 7.86. The average molecular weight is 396 g/mol. The van der Waals surface area contributed by atoms with Crippen LogP contribution in [0.1, 0.15) is 45.6 Å². The summed E-state index contributed by atoms with van der Waals surface area (Å²) in [6.07, 6.45) is 3.49. The molecule has 30 heavy (non-hydrogen) atoms. The van der Waals surface area contributed by atoms with Gasteiger partial charge in [-0.25, -0.2) is 4.98 Å². The molecule has 0 saturated heterocycles. The monoisotopic (exact) mass is 395 g/mol. The van der Waals surface area contributed by atoms with Crippen molar-refractivity contribution >= 4 is 16.8 Å². The van der Waals surface area contributed by atoms with E-state index in [-0.39, 0.29) is 11.9 Å². The Morgan fingerprint density at radius 3 is 2.53 bits per heavy atom. The van der Waals surface area contributed by atoms with Gasteiger partial charge in [0.25, 0.3) is 5.91 Å². The number of benzene rings is 2. The minimum absolute atomic E-state index is 0.105. The van der Waals surface area contributed by atoms with Gasteiger partial charge < -0.3 is 5.32 Å². The van der Waals surface area contributed by atoms with E-state index in [0.29, 0.717) is 5.56 Å². The molecule has 1 N–H and O–H groups in total. The molecule has 4 nitrogen and oxygen atoms in total. The molecule has 0 saturated carbocycles. The van der Waals surface area contributed by atoms with Crippen molar-refractivity contribution in [2.45, 2.75) is 33.7 Å². The molecular weight excluding hydrogens is 370 g/mol. The van der Waals surface area contributed by atoms with Crippen LogP contribution >= 0.6 is 0 Å². The second-order valence-corrected chi connectivity index (χ2v) is 7.86. The molecule has 2 aromatic carbocycles. The fourth-order valence-corrected chi connectivity index (χ4v) is 3.58. The lowest BCUT2D eigenvalue weighted by atomic mass is 10.00. The first-order valence-corrected chi connectivity index (χ1v) is 10.1. The lowest BCUT2D eigenvalue weighted by molar-refractivity contribution is 0.0941. The molecule has 1 atom stereocenters. The zero-order valence-electron chi connectivity index (χ0n) is 17.7. The highest BCUT2D eigenvalue weighted by Gasteiger charge is 2.17. The largest absolute Gasteiger partial charge is 0.345 e. The highest BCUT2D eigenvalue weighted by Crippen LogP contribution is 2.26. The van der Waals surface area contributed by atoms with Gasteiger partial charge in [0.2, 0.25) is 0 Å². The number of nitrogens with zero attached hydrogens (tertiary/aromatic N) is 2. The number of nitrogens with one attached hydrogen (secondary N) is 1. The van der Waals surface area contributed by atoms with Crippen LogP contribution in [0.2, 0.25) is 0 Å². The van der Waals surface area contributed by atoms with Gasteiger partial charge in [0.05, 0.1) is 22.8 Å². The molecule has 2 heterocycles. The van der Waals surface area contributed by atoms with Gasteiger partial charge in [-0.2, -0.15) is 0 Å². The molecule has 0 aliphatic rings. The Morgan fingerprint density at radius 2 is 1.80 bits per heavy atom. The van der Waals surface area contributed by atoms with E-state index in [1.54, 1.807) is 12.4 Å². The van der Waals surface area contributed by atoms with Crippen LogP contribution in [0.15, 0.2) is 67.0 Å². The van der Waals surface area contributed by atoms with E-state index in [1.807, 2.05) is 50.2 Å². The second kappa shape index (κ2) is 8.07. The van der Waals surface area contributed by atoms with Crippen molar-refractivity contribution in [1.82, 2.24) is 15.3 Å². The number of hydrogen-bond acceptors (Lipinski definition) is 3. The molecule has 150 valence electrons. The summed E-state index contributed by atoms with van der Waals surface area (Å²) in [5, 5.41) is 4.02. The molecule has 0 spiro atoms. The third-order valence-electron chi connectivity index (χ3n) is 5.54. The molecule has 4 heteroatoms. The van der Waals surface area contributed by atoms with E-state index >= 15 is 0 Å². The van der Waals surface area contributed by atoms with Crippen LogP contribution in [-0.4, -0.2) is 15.9 Å². The SMILES string of the molecule is Cc1ccc2nc(-c3cccnc3)cc(C(=O)N[C@H](C)c3ccc(C)c(C)c3)c2c1. The maximum absolute atomic E-state index is 13.3. The van der Waals surface area contributed by atoms with Crippen molar-refractivity contribution in [3.8, 4) is 11.3 Å². The fraction of sp³-hybridized carbons (Fsp3) is 0.192.